The van der Waals surface area contributed by atoms with E-state index in [1.807, 2.05) is 0 Å². The number of hydrogen-bond acceptors (Lipinski definition) is 1. The molecule has 0 spiro atoms. The molecule has 8 atom stereocenters. The number of allylic oxidation sites excluding steroid dienone is 2. The average molecular weight is 399 g/mol. The highest BCUT2D eigenvalue weighted by Gasteiger charge is 2.60. The first-order valence-corrected chi connectivity index (χ1v) is 12.8. The minimum atomic E-state index is -0.477. The Bertz CT molecular complexity index is 676. The molecule has 4 aliphatic carbocycles. The fourth-order valence-electron chi connectivity index (χ4n) is 8.63. The third kappa shape index (κ3) is 3.29. The van der Waals surface area contributed by atoms with E-state index < -0.39 is 5.60 Å². The summed E-state index contributed by atoms with van der Waals surface area (Å²) < 4.78 is 0. The second-order valence-electron chi connectivity index (χ2n) is 12.0. The van der Waals surface area contributed by atoms with Crippen molar-refractivity contribution in [3.05, 3.63) is 23.8 Å². The Morgan fingerprint density at radius 3 is 2.55 bits per heavy atom. The first-order chi connectivity index (χ1) is 13.7. The zero-order valence-electron chi connectivity index (χ0n) is 19.9. The maximum Gasteiger partial charge on any atom is 0.0682 e. The van der Waals surface area contributed by atoms with Crippen molar-refractivity contribution in [3.63, 3.8) is 0 Å². The molecule has 0 aromatic rings. The standard InChI is InChI=1S/C28H46O/c1-7-9-10-19(3)22-11-12-23-25-20(4)17-21-18-28(29,8-2)16-15-26(21,5)24(25)13-14-27(22,23)6/h17,19,22-25,29H,4,7-16,18H2,1-3,5-6H3/t19-,22-,23+,24+,25+,26+,27-,28+/m1/s1. The van der Waals surface area contributed by atoms with E-state index in [4.69, 9.17) is 0 Å². The van der Waals surface area contributed by atoms with Gasteiger partial charge in [0.05, 0.1) is 5.60 Å². The van der Waals surface area contributed by atoms with Gasteiger partial charge in [-0.1, -0.05) is 77.7 Å². The maximum atomic E-state index is 11.0. The van der Waals surface area contributed by atoms with Gasteiger partial charge in [0.1, 0.15) is 0 Å². The monoisotopic (exact) mass is 398 g/mol. The van der Waals surface area contributed by atoms with Crippen LogP contribution in [0.5, 0.6) is 0 Å². The Morgan fingerprint density at radius 2 is 1.86 bits per heavy atom. The number of rotatable bonds is 5. The van der Waals surface area contributed by atoms with Gasteiger partial charge in [0.25, 0.3) is 0 Å². The summed E-state index contributed by atoms with van der Waals surface area (Å²) in [5, 5.41) is 11.0. The van der Waals surface area contributed by atoms with E-state index in [2.05, 4.69) is 47.3 Å². The van der Waals surface area contributed by atoms with Gasteiger partial charge in [0.2, 0.25) is 0 Å². The first-order valence-electron chi connectivity index (χ1n) is 12.8. The van der Waals surface area contributed by atoms with Crippen LogP contribution in [0, 0.1) is 40.4 Å². The summed E-state index contributed by atoms with van der Waals surface area (Å²) in [6.45, 7) is 16.9. The van der Waals surface area contributed by atoms with Crippen molar-refractivity contribution in [2.75, 3.05) is 0 Å². The predicted octanol–water partition coefficient (Wildman–Crippen LogP) is 7.70. The summed E-state index contributed by atoms with van der Waals surface area (Å²) in [7, 11) is 0. The van der Waals surface area contributed by atoms with Gasteiger partial charge >= 0.3 is 0 Å². The smallest absolute Gasteiger partial charge is 0.0682 e. The topological polar surface area (TPSA) is 20.2 Å². The summed E-state index contributed by atoms with van der Waals surface area (Å²) in [6.07, 6.45) is 16.1. The largest absolute Gasteiger partial charge is 0.390 e. The fraction of sp³-hybridized carbons (Fsp3) is 0.857. The Balaban J connectivity index is 1.62. The van der Waals surface area contributed by atoms with Gasteiger partial charge in [-0.15, -0.1) is 0 Å². The van der Waals surface area contributed by atoms with Gasteiger partial charge in [0, 0.05) is 0 Å². The van der Waals surface area contributed by atoms with Crippen LogP contribution in [0.25, 0.3) is 0 Å². The summed E-state index contributed by atoms with van der Waals surface area (Å²) in [4.78, 5) is 0. The van der Waals surface area contributed by atoms with Crippen molar-refractivity contribution < 1.29 is 5.11 Å². The molecule has 0 amide bonds. The quantitative estimate of drug-likeness (QED) is 0.503. The molecule has 0 radical (unpaired) electrons. The molecular weight excluding hydrogens is 352 g/mol. The third-order valence-electron chi connectivity index (χ3n) is 10.7. The van der Waals surface area contributed by atoms with Gasteiger partial charge < -0.3 is 5.11 Å². The molecule has 0 heterocycles. The molecule has 4 rings (SSSR count). The molecule has 1 N–H and O–H groups in total. The average Bonchev–Trinajstić information content (AvgIpc) is 3.05. The minimum Gasteiger partial charge on any atom is -0.390 e. The lowest BCUT2D eigenvalue weighted by Gasteiger charge is -2.60. The van der Waals surface area contributed by atoms with E-state index in [1.165, 1.54) is 56.1 Å². The molecule has 3 saturated carbocycles. The fourth-order valence-corrected chi connectivity index (χ4v) is 8.63. The Kier molecular flexibility index (Phi) is 5.63. The molecule has 1 nitrogen and oxygen atoms in total. The number of fused-ring (bicyclic) bond motifs is 5. The van der Waals surface area contributed by atoms with Crippen molar-refractivity contribution in [1.29, 1.82) is 0 Å². The van der Waals surface area contributed by atoms with Crippen LogP contribution in [0.3, 0.4) is 0 Å². The SMILES string of the molecule is C=C1C=C2C[C@](O)(CC)CC[C@]2(C)[C@H]2CC[C@]3(C)[C@@H]([C@H](C)CCCC)CC[C@H]3[C@H]12. The van der Waals surface area contributed by atoms with Crippen molar-refractivity contribution in [3.8, 4) is 0 Å². The normalized spacial score (nSPS) is 47.8. The third-order valence-corrected chi connectivity index (χ3v) is 10.7. The Labute approximate surface area is 180 Å². The van der Waals surface area contributed by atoms with Crippen molar-refractivity contribution in [2.45, 2.75) is 111 Å². The van der Waals surface area contributed by atoms with Gasteiger partial charge in [-0.2, -0.15) is 0 Å². The van der Waals surface area contributed by atoms with E-state index in [1.54, 1.807) is 0 Å². The zero-order chi connectivity index (χ0) is 21.0. The second-order valence-corrected chi connectivity index (χ2v) is 12.0. The minimum absolute atomic E-state index is 0.292. The molecular formula is C28H46O. The molecule has 4 aliphatic rings. The van der Waals surface area contributed by atoms with Gasteiger partial charge in [-0.3, -0.25) is 0 Å². The molecule has 0 aromatic carbocycles. The highest BCUT2D eigenvalue weighted by molar-refractivity contribution is 5.38. The highest BCUT2D eigenvalue weighted by atomic mass is 16.3. The molecule has 164 valence electrons. The van der Waals surface area contributed by atoms with Crippen LogP contribution in [-0.4, -0.2) is 10.7 Å². The van der Waals surface area contributed by atoms with Crippen molar-refractivity contribution >= 4 is 0 Å². The van der Waals surface area contributed by atoms with Crippen LogP contribution in [0.2, 0.25) is 0 Å². The molecule has 0 unspecified atom stereocenters. The van der Waals surface area contributed by atoms with E-state index in [0.29, 0.717) is 16.7 Å². The van der Waals surface area contributed by atoms with Gasteiger partial charge in [-0.25, -0.2) is 0 Å². The zero-order valence-corrected chi connectivity index (χ0v) is 19.9. The molecule has 3 fully saturated rings. The molecule has 1 heteroatoms. The number of hydrogen-bond donors (Lipinski definition) is 1. The van der Waals surface area contributed by atoms with E-state index >= 15 is 0 Å². The number of aliphatic hydroxyl groups is 1. The van der Waals surface area contributed by atoms with Crippen LogP contribution in [-0.2, 0) is 0 Å². The molecule has 0 bridgehead atoms. The molecule has 29 heavy (non-hydrogen) atoms. The van der Waals surface area contributed by atoms with Crippen LogP contribution in [0.4, 0.5) is 0 Å². The molecule has 0 aromatic heterocycles. The first kappa shape index (κ1) is 21.7. The lowest BCUT2D eigenvalue weighted by Crippen LogP contribution is -2.52. The van der Waals surface area contributed by atoms with Gasteiger partial charge in [0.15, 0.2) is 0 Å². The lowest BCUT2D eigenvalue weighted by molar-refractivity contribution is -0.0636. The summed E-state index contributed by atoms with van der Waals surface area (Å²) >= 11 is 0. The summed E-state index contributed by atoms with van der Waals surface area (Å²) in [6, 6.07) is 0. The van der Waals surface area contributed by atoms with E-state index in [9.17, 15) is 5.11 Å². The van der Waals surface area contributed by atoms with Crippen LogP contribution in [0.15, 0.2) is 23.8 Å². The van der Waals surface area contributed by atoms with Crippen molar-refractivity contribution in [1.82, 2.24) is 0 Å². The highest BCUT2D eigenvalue weighted by Crippen LogP contribution is 2.68. The summed E-state index contributed by atoms with van der Waals surface area (Å²) in [5.74, 6) is 4.03. The van der Waals surface area contributed by atoms with E-state index in [0.717, 1.165) is 49.4 Å². The maximum absolute atomic E-state index is 11.0. The van der Waals surface area contributed by atoms with Crippen LogP contribution < -0.4 is 0 Å². The van der Waals surface area contributed by atoms with Gasteiger partial charge in [-0.05, 0) is 91.8 Å². The Morgan fingerprint density at radius 1 is 1.10 bits per heavy atom. The molecule has 0 aliphatic heterocycles. The lowest BCUT2D eigenvalue weighted by atomic mass is 9.45. The van der Waals surface area contributed by atoms with Crippen LogP contribution >= 0.6 is 0 Å². The summed E-state index contributed by atoms with van der Waals surface area (Å²) in [5.41, 5.74) is 3.25. The Hall–Kier alpha value is -0.560. The second kappa shape index (κ2) is 7.54. The predicted molar refractivity (Wildman–Crippen MR) is 124 cm³/mol. The van der Waals surface area contributed by atoms with Crippen LogP contribution in [0.1, 0.15) is 105 Å². The molecule has 0 saturated heterocycles. The van der Waals surface area contributed by atoms with E-state index in [-0.39, 0.29) is 0 Å². The van der Waals surface area contributed by atoms with Crippen molar-refractivity contribution in [2.24, 2.45) is 40.4 Å². The number of unbranched alkanes of at least 4 members (excludes halogenated alkanes) is 1.